The number of rotatable bonds is 3. The molecular weight excluding hydrogens is 413 g/mol. The minimum Gasteiger partial charge on any atom is -0.370 e. The molecule has 2 fully saturated rings. The van der Waals surface area contributed by atoms with Crippen LogP contribution in [0.25, 0.3) is 21.8 Å². The zero-order valence-corrected chi connectivity index (χ0v) is 18.7. The van der Waals surface area contributed by atoms with Gasteiger partial charge in [0.05, 0.1) is 16.7 Å². The van der Waals surface area contributed by atoms with Crippen molar-refractivity contribution in [2.75, 3.05) is 49.1 Å². The van der Waals surface area contributed by atoms with Crippen molar-refractivity contribution >= 4 is 33.3 Å². The summed E-state index contributed by atoms with van der Waals surface area (Å²) in [5.74, 6) is 0.884. The molecule has 0 spiro atoms. The molecule has 4 heterocycles. The van der Waals surface area contributed by atoms with Crippen molar-refractivity contribution in [1.29, 1.82) is 0 Å². The maximum Gasteiger partial charge on any atom is 0.132 e. The van der Waals surface area contributed by atoms with Gasteiger partial charge in [-0.25, -0.2) is 9.37 Å². The van der Waals surface area contributed by atoms with Crippen molar-refractivity contribution in [3.8, 4) is 0 Å². The van der Waals surface area contributed by atoms with Crippen LogP contribution < -0.4 is 9.80 Å². The Balaban J connectivity index is 1.09. The van der Waals surface area contributed by atoms with Gasteiger partial charge in [0.15, 0.2) is 0 Å². The molecule has 5 nitrogen and oxygen atoms in total. The van der Waals surface area contributed by atoms with Crippen LogP contribution in [-0.2, 0) is 0 Å². The van der Waals surface area contributed by atoms with E-state index in [0.717, 1.165) is 74.6 Å². The van der Waals surface area contributed by atoms with Crippen molar-refractivity contribution in [2.24, 2.45) is 0 Å². The minimum atomic E-state index is -0.199. The number of nitrogens with zero attached hydrogens (tertiary/aromatic N) is 5. The van der Waals surface area contributed by atoms with E-state index in [0.29, 0.717) is 11.4 Å². The molecule has 2 aromatic carbocycles. The van der Waals surface area contributed by atoms with Crippen molar-refractivity contribution in [3.63, 3.8) is 0 Å². The summed E-state index contributed by atoms with van der Waals surface area (Å²) >= 11 is 0. The van der Waals surface area contributed by atoms with Gasteiger partial charge < -0.3 is 9.80 Å². The van der Waals surface area contributed by atoms with Gasteiger partial charge in [0.1, 0.15) is 11.6 Å². The minimum absolute atomic E-state index is 0.199. The molecule has 0 amide bonds. The normalized spacial score (nSPS) is 18.3. The number of pyridine rings is 2. The lowest BCUT2D eigenvalue weighted by atomic mass is 10.0. The lowest BCUT2D eigenvalue weighted by Crippen LogP contribution is -2.53. The van der Waals surface area contributed by atoms with E-state index >= 15 is 0 Å². The molecule has 0 unspecified atom stereocenters. The fourth-order valence-electron chi connectivity index (χ4n) is 5.40. The van der Waals surface area contributed by atoms with E-state index in [1.165, 1.54) is 5.39 Å². The molecule has 6 rings (SSSR count). The molecule has 0 atom stereocenters. The van der Waals surface area contributed by atoms with Gasteiger partial charge in [-0.2, -0.15) is 0 Å². The highest BCUT2D eigenvalue weighted by Crippen LogP contribution is 2.30. The first-order valence-electron chi connectivity index (χ1n) is 11.9. The summed E-state index contributed by atoms with van der Waals surface area (Å²) < 4.78 is 14.2. The van der Waals surface area contributed by atoms with Crippen LogP contribution in [0.5, 0.6) is 0 Å². The van der Waals surface area contributed by atoms with Gasteiger partial charge in [0.25, 0.3) is 0 Å². The van der Waals surface area contributed by atoms with Gasteiger partial charge in [-0.15, -0.1) is 0 Å². The summed E-state index contributed by atoms with van der Waals surface area (Å²) in [5, 5.41) is 1.80. The predicted octanol–water partition coefficient (Wildman–Crippen LogP) is 4.71. The second-order valence-electron chi connectivity index (χ2n) is 9.07. The van der Waals surface area contributed by atoms with Crippen LogP contribution in [-0.4, -0.2) is 60.2 Å². The average Bonchev–Trinajstić information content (AvgIpc) is 2.89. The van der Waals surface area contributed by atoms with Crippen LogP contribution in [0.2, 0.25) is 0 Å². The number of hydrogen-bond acceptors (Lipinski definition) is 5. The van der Waals surface area contributed by atoms with E-state index in [-0.39, 0.29) is 5.82 Å². The van der Waals surface area contributed by atoms with Gasteiger partial charge in [-0.1, -0.05) is 18.2 Å². The molecule has 0 bridgehead atoms. The molecule has 0 aliphatic carbocycles. The highest BCUT2D eigenvalue weighted by Gasteiger charge is 2.28. The third-order valence-corrected chi connectivity index (χ3v) is 7.24. The molecule has 0 saturated carbocycles. The smallest absolute Gasteiger partial charge is 0.132 e. The zero-order chi connectivity index (χ0) is 22.2. The van der Waals surface area contributed by atoms with Gasteiger partial charge in [0.2, 0.25) is 0 Å². The highest BCUT2D eigenvalue weighted by atomic mass is 19.1. The number of hydrogen-bond donors (Lipinski definition) is 0. The van der Waals surface area contributed by atoms with Gasteiger partial charge >= 0.3 is 0 Å². The molecule has 0 radical (unpaired) electrons. The Morgan fingerprint density at radius 3 is 2.42 bits per heavy atom. The van der Waals surface area contributed by atoms with Gasteiger partial charge in [-0.05, 0) is 55.3 Å². The molecule has 0 N–H and O–H groups in total. The number of piperidine rings is 1. The number of para-hydroxylation sites is 1. The highest BCUT2D eigenvalue weighted by molar-refractivity contribution is 5.91. The summed E-state index contributed by atoms with van der Waals surface area (Å²) in [6.45, 7) is 6.12. The first kappa shape index (κ1) is 20.4. The number of aromatic nitrogens is 2. The van der Waals surface area contributed by atoms with Crippen molar-refractivity contribution in [3.05, 3.63) is 72.7 Å². The van der Waals surface area contributed by atoms with Crippen molar-refractivity contribution in [1.82, 2.24) is 14.9 Å². The number of benzene rings is 2. The third-order valence-electron chi connectivity index (χ3n) is 7.24. The van der Waals surface area contributed by atoms with E-state index in [1.807, 2.05) is 18.2 Å². The molecule has 6 heteroatoms. The van der Waals surface area contributed by atoms with Gasteiger partial charge in [0, 0.05) is 62.3 Å². The first-order valence-corrected chi connectivity index (χ1v) is 11.9. The SMILES string of the molecule is Fc1ccc(N2CCC(N3CCN(c4ccc5ccccc5n4)CC3)CC2)c2ncccc12. The molecule has 168 valence electrons. The molecule has 2 aliphatic rings. The van der Waals surface area contributed by atoms with E-state index in [2.05, 4.69) is 50.0 Å². The maximum atomic E-state index is 14.2. The molecule has 33 heavy (non-hydrogen) atoms. The first-order chi connectivity index (χ1) is 16.3. The fourth-order valence-corrected chi connectivity index (χ4v) is 5.40. The Bertz CT molecular complexity index is 1280. The molecule has 2 saturated heterocycles. The standard InChI is InChI=1S/C27H28FN5/c28-23-8-9-25(27-22(23)5-3-13-29-27)32-14-11-21(12-15-32)31-16-18-33(19-17-31)26-10-7-20-4-1-2-6-24(20)30-26/h1-10,13,21H,11-12,14-19H2. The fraction of sp³-hybridized carbons (Fsp3) is 0.333. The number of halogens is 1. The molecule has 4 aromatic rings. The lowest BCUT2D eigenvalue weighted by molar-refractivity contribution is 0.159. The predicted molar refractivity (Wildman–Crippen MR) is 132 cm³/mol. The summed E-state index contributed by atoms with van der Waals surface area (Å²) in [7, 11) is 0. The van der Waals surface area contributed by atoms with Crippen LogP contribution in [0.15, 0.2) is 66.9 Å². The Morgan fingerprint density at radius 1 is 0.758 bits per heavy atom. The number of piperazine rings is 1. The number of anilines is 2. The van der Waals surface area contributed by atoms with E-state index in [1.54, 1.807) is 18.3 Å². The van der Waals surface area contributed by atoms with Crippen LogP contribution in [0, 0.1) is 5.82 Å². The van der Waals surface area contributed by atoms with Crippen molar-refractivity contribution < 1.29 is 4.39 Å². The van der Waals surface area contributed by atoms with E-state index in [4.69, 9.17) is 4.98 Å². The largest absolute Gasteiger partial charge is 0.370 e. The van der Waals surface area contributed by atoms with Crippen LogP contribution in [0.3, 0.4) is 0 Å². The third kappa shape index (κ3) is 3.89. The Labute approximate surface area is 193 Å². The van der Waals surface area contributed by atoms with E-state index < -0.39 is 0 Å². The summed E-state index contributed by atoms with van der Waals surface area (Å²) in [5.41, 5.74) is 2.89. The second kappa shape index (κ2) is 8.60. The maximum absolute atomic E-state index is 14.2. The summed E-state index contributed by atoms with van der Waals surface area (Å²) in [6, 6.07) is 20.3. The van der Waals surface area contributed by atoms with Crippen LogP contribution in [0.1, 0.15) is 12.8 Å². The quantitative estimate of drug-likeness (QED) is 0.460. The molecule has 2 aliphatic heterocycles. The van der Waals surface area contributed by atoms with Gasteiger partial charge in [-0.3, -0.25) is 9.88 Å². The Kier molecular flexibility index (Phi) is 5.30. The average molecular weight is 442 g/mol. The molecule has 2 aromatic heterocycles. The number of fused-ring (bicyclic) bond motifs is 2. The lowest BCUT2D eigenvalue weighted by Gasteiger charge is -2.43. The zero-order valence-electron chi connectivity index (χ0n) is 18.7. The van der Waals surface area contributed by atoms with Crippen molar-refractivity contribution in [2.45, 2.75) is 18.9 Å². The summed E-state index contributed by atoms with van der Waals surface area (Å²) in [6.07, 6.45) is 4.00. The molecular formula is C27H28FN5. The van der Waals surface area contributed by atoms with Crippen LogP contribution >= 0.6 is 0 Å². The summed E-state index contributed by atoms with van der Waals surface area (Å²) in [4.78, 5) is 16.8. The van der Waals surface area contributed by atoms with E-state index in [9.17, 15) is 4.39 Å². The van der Waals surface area contributed by atoms with Crippen LogP contribution in [0.4, 0.5) is 15.9 Å². The monoisotopic (exact) mass is 441 g/mol. The Morgan fingerprint density at radius 2 is 1.58 bits per heavy atom. The second-order valence-corrected chi connectivity index (χ2v) is 9.07. The topological polar surface area (TPSA) is 35.5 Å². The Hall–Kier alpha value is -3.25.